The number of aryl methyl sites for hydroxylation is 1. The number of carbonyl (C=O) groups excluding carboxylic acids is 1. The van der Waals surface area contributed by atoms with Gasteiger partial charge in [-0.2, -0.15) is 0 Å². The van der Waals surface area contributed by atoms with Crippen molar-refractivity contribution in [1.29, 1.82) is 0 Å². The smallest absolute Gasteiger partial charge is 0.235 e. The molecule has 0 saturated carbocycles. The average molecular weight is 228 g/mol. The van der Waals surface area contributed by atoms with Crippen LogP contribution in [0, 0.1) is 6.92 Å². The Bertz CT molecular complexity index is 352. The van der Waals surface area contributed by atoms with Crippen molar-refractivity contribution in [3.63, 3.8) is 0 Å². The SMILES string of the molecule is COc1ccc(C)cc1CNC(=O)CCl. The summed E-state index contributed by atoms with van der Waals surface area (Å²) in [6.07, 6.45) is 0. The molecule has 1 amide bonds. The van der Waals surface area contributed by atoms with Crippen molar-refractivity contribution in [3.8, 4) is 5.75 Å². The zero-order chi connectivity index (χ0) is 11.3. The van der Waals surface area contributed by atoms with Crippen LogP contribution in [-0.4, -0.2) is 18.9 Å². The summed E-state index contributed by atoms with van der Waals surface area (Å²) in [7, 11) is 1.61. The molecule has 0 radical (unpaired) electrons. The van der Waals surface area contributed by atoms with Gasteiger partial charge in [0, 0.05) is 12.1 Å². The van der Waals surface area contributed by atoms with Crippen LogP contribution in [0.25, 0.3) is 0 Å². The summed E-state index contributed by atoms with van der Waals surface area (Å²) in [6.45, 7) is 2.43. The van der Waals surface area contributed by atoms with Gasteiger partial charge in [0.15, 0.2) is 0 Å². The van der Waals surface area contributed by atoms with E-state index in [0.717, 1.165) is 16.9 Å². The van der Waals surface area contributed by atoms with Crippen molar-refractivity contribution >= 4 is 17.5 Å². The number of benzene rings is 1. The lowest BCUT2D eigenvalue weighted by atomic mass is 10.1. The number of nitrogens with one attached hydrogen (secondary N) is 1. The van der Waals surface area contributed by atoms with Gasteiger partial charge in [0.2, 0.25) is 5.91 Å². The van der Waals surface area contributed by atoms with E-state index < -0.39 is 0 Å². The fourth-order valence-corrected chi connectivity index (χ4v) is 1.38. The van der Waals surface area contributed by atoms with E-state index in [2.05, 4.69) is 5.32 Å². The molecule has 0 saturated heterocycles. The van der Waals surface area contributed by atoms with Gasteiger partial charge in [-0.1, -0.05) is 17.7 Å². The third-order valence-corrected chi connectivity index (χ3v) is 2.28. The highest BCUT2D eigenvalue weighted by Gasteiger charge is 2.04. The van der Waals surface area contributed by atoms with Crippen molar-refractivity contribution < 1.29 is 9.53 Å². The van der Waals surface area contributed by atoms with Gasteiger partial charge in [0.1, 0.15) is 11.6 Å². The molecule has 0 bridgehead atoms. The number of halogens is 1. The van der Waals surface area contributed by atoms with Crippen LogP contribution in [0.3, 0.4) is 0 Å². The first-order chi connectivity index (χ1) is 7.17. The Kier molecular flexibility index (Phi) is 4.43. The van der Waals surface area contributed by atoms with Crippen LogP contribution in [0.15, 0.2) is 18.2 Å². The maximum absolute atomic E-state index is 11.0. The molecule has 15 heavy (non-hydrogen) atoms. The largest absolute Gasteiger partial charge is 0.496 e. The van der Waals surface area contributed by atoms with Gasteiger partial charge in [-0.3, -0.25) is 4.79 Å². The maximum atomic E-state index is 11.0. The van der Waals surface area contributed by atoms with E-state index in [1.807, 2.05) is 25.1 Å². The second kappa shape index (κ2) is 5.61. The molecule has 0 heterocycles. The summed E-state index contributed by atoms with van der Waals surface area (Å²) >= 11 is 5.38. The number of hydrogen-bond acceptors (Lipinski definition) is 2. The number of methoxy groups -OCH3 is 1. The van der Waals surface area contributed by atoms with Gasteiger partial charge >= 0.3 is 0 Å². The summed E-state index contributed by atoms with van der Waals surface area (Å²) in [4.78, 5) is 11.0. The van der Waals surface area contributed by atoms with E-state index in [-0.39, 0.29) is 11.8 Å². The molecule has 0 spiro atoms. The number of alkyl halides is 1. The van der Waals surface area contributed by atoms with E-state index in [4.69, 9.17) is 16.3 Å². The molecule has 82 valence electrons. The third kappa shape index (κ3) is 3.44. The number of ether oxygens (including phenoxy) is 1. The lowest BCUT2D eigenvalue weighted by Crippen LogP contribution is -2.23. The molecular formula is C11H14ClNO2. The lowest BCUT2D eigenvalue weighted by Gasteiger charge is -2.09. The highest BCUT2D eigenvalue weighted by molar-refractivity contribution is 6.27. The van der Waals surface area contributed by atoms with Crippen LogP contribution in [0.2, 0.25) is 0 Å². The lowest BCUT2D eigenvalue weighted by molar-refractivity contribution is -0.118. The second-order valence-electron chi connectivity index (χ2n) is 3.23. The van der Waals surface area contributed by atoms with E-state index in [9.17, 15) is 4.79 Å². The third-order valence-electron chi connectivity index (χ3n) is 2.03. The van der Waals surface area contributed by atoms with Crippen LogP contribution in [0.4, 0.5) is 0 Å². The second-order valence-corrected chi connectivity index (χ2v) is 3.49. The topological polar surface area (TPSA) is 38.3 Å². The number of carbonyl (C=O) groups is 1. The molecule has 1 aromatic rings. The van der Waals surface area contributed by atoms with Gasteiger partial charge in [0.05, 0.1) is 7.11 Å². The van der Waals surface area contributed by atoms with Crippen LogP contribution in [0.5, 0.6) is 5.75 Å². The Morgan fingerprint density at radius 2 is 2.27 bits per heavy atom. The summed E-state index contributed by atoms with van der Waals surface area (Å²) < 4.78 is 5.18. The Hall–Kier alpha value is -1.22. The summed E-state index contributed by atoms with van der Waals surface area (Å²) in [5, 5.41) is 2.70. The highest BCUT2D eigenvalue weighted by Crippen LogP contribution is 2.19. The molecule has 0 aliphatic rings. The average Bonchev–Trinajstić information content (AvgIpc) is 2.26. The van der Waals surface area contributed by atoms with Crippen molar-refractivity contribution in [3.05, 3.63) is 29.3 Å². The number of hydrogen-bond donors (Lipinski definition) is 1. The molecule has 4 heteroatoms. The van der Waals surface area contributed by atoms with Crippen molar-refractivity contribution in [1.82, 2.24) is 5.32 Å². The van der Waals surface area contributed by atoms with E-state index in [1.165, 1.54) is 0 Å². The van der Waals surface area contributed by atoms with Gasteiger partial charge in [0.25, 0.3) is 0 Å². The van der Waals surface area contributed by atoms with Gasteiger partial charge in [-0.15, -0.1) is 11.6 Å². The molecule has 0 atom stereocenters. The normalized spacial score (nSPS) is 9.80. The molecule has 1 aromatic carbocycles. The van der Waals surface area contributed by atoms with E-state index in [0.29, 0.717) is 6.54 Å². The fraction of sp³-hybridized carbons (Fsp3) is 0.364. The molecule has 0 aliphatic carbocycles. The van der Waals surface area contributed by atoms with Crippen LogP contribution >= 0.6 is 11.6 Å². The first-order valence-electron chi connectivity index (χ1n) is 4.63. The highest BCUT2D eigenvalue weighted by atomic mass is 35.5. The van der Waals surface area contributed by atoms with Crippen LogP contribution in [-0.2, 0) is 11.3 Å². The molecule has 1 N–H and O–H groups in total. The quantitative estimate of drug-likeness (QED) is 0.798. The van der Waals surface area contributed by atoms with Gasteiger partial charge in [-0.05, 0) is 13.0 Å². The molecule has 0 aliphatic heterocycles. The molecule has 1 rings (SSSR count). The molecule has 3 nitrogen and oxygen atoms in total. The Labute approximate surface area is 94.4 Å². The first kappa shape index (κ1) is 11.9. The summed E-state index contributed by atoms with van der Waals surface area (Å²) in [6, 6.07) is 5.83. The number of amides is 1. The van der Waals surface area contributed by atoms with Crippen LogP contribution in [0.1, 0.15) is 11.1 Å². The molecule has 0 aromatic heterocycles. The minimum Gasteiger partial charge on any atom is -0.496 e. The summed E-state index contributed by atoms with van der Waals surface area (Å²) in [5.41, 5.74) is 2.09. The molecule has 0 unspecified atom stereocenters. The zero-order valence-electron chi connectivity index (χ0n) is 8.84. The predicted molar refractivity (Wildman–Crippen MR) is 60.3 cm³/mol. The summed E-state index contributed by atoms with van der Waals surface area (Å²) in [5.74, 6) is 0.574. The van der Waals surface area contributed by atoms with Gasteiger partial charge in [-0.25, -0.2) is 0 Å². The van der Waals surface area contributed by atoms with Gasteiger partial charge < -0.3 is 10.1 Å². The van der Waals surface area contributed by atoms with Crippen LogP contribution < -0.4 is 10.1 Å². The van der Waals surface area contributed by atoms with E-state index in [1.54, 1.807) is 7.11 Å². The Balaban J connectivity index is 2.74. The Morgan fingerprint density at radius 1 is 1.53 bits per heavy atom. The first-order valence-corrected chi connectivity index (χ1v) is 5.17. The molecule has 0 fully saturated rings. The minimum absolute atomic E-state index is 0.0197. The monoisotopic (exact) mass is 227 g/mol. The predicted octanol–water partition coefficient (Wildman–Crippen LogP) is 1.86. The standard InChI is InChI=1S/C11H14ClNO2/c1-8-3-4-10(15-2)9(5-8)7-13-11(14)6-12/h3-5H,6-7H2,1-2H3,(H,13,14). The minimum atomic E-state index is -0.180. The number of rotatable bonds is 4. The Morgan fingerprint density at radius 3 is 2.87 bits per heavy atom. The zero-order valence-corrected chi connectivity index (χ0v) is 9.60. The van der Waals surface area contributed by atoms with E-state index >= 15 is 0 Å². The fourth-order valence-electron chi connectivity index (χ4n) is 1.29. The van der Waals surface area contributed by atoms with Crippen molar-refractivity contribution in [2.45, 2.75) is 13.5 Å². The maximum Gasteiger partial charge on any atom is 0.235 e. The molecular weight excluding hydrogens is 214 g/mol. The van der Waals surface area contributed by atoms with Crippen molar-refractivity contribution in [2.75, 3.05) is 13.0 Å². The van der Waals surface area contributed by atoms with Crippen molar-refractivity contribution in [2.24, 2.45) is 0 Å².